The van der Waals surface area contributed by atoms with Crippen LogP contribution in [0.15, 0.2) is 34.3 Å². The van der Waals surface area contributed by atoms with Gasteiger partial charge in [0.2, 0.25) is 0 Å². The maximum Gasteiger partial charge on any atom is 0.133 e. The number of hydrogen-bond acceptors (Lipinski definition) is 2. The summed E-state index contributed by atoms with van der Waals surface area (Å²) in [5.74, 6) is 0.905. The quantitative estimate of drug-likeness (QED) is 0.801. The van der Waals surface area contributed by atoms with Crippen molar-refractivity contribution in [1.82, 2.24) is 5.32 Å². The van der Waals surface area contributed by atoms with Gasteiger partial charge in [-0.05, 0) is 66.4 Å². The molecule has 0 radical (unpaired) electrons. The monoisotopic (exact) mass is 309 g/mol. The zero-order valence-electron chi connectivity index (χ0n) is 11.0. The number of halogens is 1. The van der Waals surface area contributed by atoms with Crippen LogP contribution in [-0.4, -0.2) is 12.6 Å². The van der Waals surface area contributed by atoms with Gasteiger partial charge in [-0.25, -0.2) is 0 Å². The van der Waals surface area contributed by atoms with Gasteiger partial charge in [0, 0.05) is 12.6 Å². The molecule has 0 spiro atoms. The fourth-order valence-corrected chi connectivity index (χ4v) is 2.16. The first-order valence-electron chi connectivity index (χ1n) is 6.43. The van der Waals surface area contributed by atoms with E-state index in [0.29, 0.717) is 6.61 Å². The van der Waals surface area contributed by atoms with Crippen molar-refractivity contribution in [1.29, 1.82) is 0 Å². The largest absolute Gasteiger partial charge is 0.488 e. The maximum absolute atomic E-state index is 5.70. The summed E-state index contributed by atoms with van der Waals surface area (Å²) in [6.07, 6.45) is 4.73. The Hall–Kier alpha value is -0.800. The van der Waals surface area contributed by atoms with Crippen molar-refractivity contribution in [3.05, 3.63) is 39.9 Å². The fraction of sp³-hybridized carbons (Fsp3) is 0.467. The minimum absolute atomic E-state index is 0.626. The van der Waals surface area contributed by atoms with Crippen LogP contribution in [0.4, 0.5) is 0 Å². The van der Waals surface area contributed by atoms with E-state index in [0.717, 1.165) is 22.8 Å². The summed E-state index contributed by atoms with van der Waals surface area (Å²) in [5, 5.41) is 3.51. The molecule has 1 N–H and O–H groups in total. The lowest BCUT2D eigenvalue weighted by Gasteiger charge is -2.09. The molecule has 2 rings (SSSR count). The predicted molar refractivity (Wildman–Crippen MR) is 78.9 cm³/mol. The lowest BCUT2D eigenvalue weighted by molar-refractivity contribution is 0.359. The predicted octanol–water partition coefficient (Wildman–Crippen LogP) is 4.05. The Labute approximate surface area is 118 Å². The van der Waals surface area contributed by atoms with Crippen LogP contribution in [0.25, 0.3) is 0 Å². The molecule has 1 aliphatic carbocycles. The average Bonchev–Trinajstić information content (AvgIpc) is 3.12. The van der Waals surface area contributed by atoms with Crippen LogP contribution in [0.1, 0.15) is 32.3 Å². The molecule has 3 heteroatoms. The topological polar surface area (TPSA) is 21.3 Å². The van der Waals surface area contributed by atoms with E-state index in [9.17, 15) is 0 Å². The normalized spacial score (nSPS) is 14.4. The molecule has 0 saturated heterocycles. The van der Waals surface area contributed by atoms with Crippen LogP contribution in [0, 0.1) is 0 Å². The van der Waals surface area contributed by atoms with Gasteiger partial charge in [0.15, 0.2) is 0 Å². The highest BCUT2D eigenvalue weighted by Gasteiger charge is 2.19. The van der Waals surface area contributed by atoms with Crippen molar-refractivity contribution in [2.75, 3.05) is 6.61 Å². The first-order chi connectivity index (χ1) is 8.65. The lowest BCUT2D eigenvalue weighted by atomic mass is 10.2. The second-order valence-corrected chi connectivity index (χ2v) is 5.87. The molecular formula is C15H20BrNO. The van der Waals surface area contributed by atoms with Crippen LogP contribution < -0.4 is 10.1 Å². The third kappa shape index (κ3) is 4.46. The Kier molecular flexibility index (Phi) is 4.84. The van der Waals surface area contributed by atoms with E-state index < -0.39 is 0 Å². The van der Waals surface area contributed by atoms with E-state index in [1.54, 1.807) is 0 Å². The Morgan fingerprint density at radius 3 is 2.83 bits per heavy atom. The molecule has 1 aliphatic rings. The van der Waals surface area contributed by atoms with Crippen molar-refractivity contribution in [3.8, 4) is 5.75 Å². The summed E-state index contributed by atoms with van der Waals surface area (Å²) in [6.45, 7) is 5.72. The van der Waals surface area contributed by atoms with E-state index in [1.165, 1.54) is 24.0 Å². The first-order valence-corrected chi connectivity index (χ1v) is 7.22. The number of rotatable bonds is 6. The van der Waals surface area contributed by atoms with E-state index in [2.05, 4.69) is 53.3 Å². The van der Waals surface area contributed by atoms with Crippen molar-refractivity contribution in [2.24, 2.45) is 0 Å². The van der Waals surface area contributed by atoms with Crippen LogP contribution in [-0.2, 0) is 6.54 Å². The highest BCUT2D eigenvalue weighted by Crippen LogP contribution is 2.27. The minimum atomic E-state index is 0.626. The zero-order valence-corrected chi connectivity index (χ0v) is 12.6. The van der Waals surface area contributed by atoms with Gasteiger partial charge in [0.1, 0.15) is 12.4 Å². The molecule has 0 atom stereocenters. The molecule has 0 aromatic heterocycles. The smallest absolute Gasteiger partial charge is 0.133 e. The maximum atomic E-state index is 5.70. The van der Waals surface area contributed by atoms with Crippen LogP contribution in [0.5, 0.6) is 5.75 Å². The zero-order chi connectivity index (χ0) is 13.0. The standard InChI is InChI=1S/C15H20BrNO/c1-11(2)7-8-18-15-6-3-12(9-14(15)16)10-17-13-4-5-13/h3,6-7,9,13,17H,4-5,8,10H2,1-2H3. The van der Waals surface area contributed by atoms with Gasteiger partial charge in [-0.1, -0.05) is 11.6 Å². The van der Waals surface area contributed by atoms with E-state index in [4.69, 9.17) is 4.74 Å². The van der Waals surface area contributed by atoms with Gasteiger partial charge in [0.05, 0.1) is 4.47 Å². The molecule has 2 nitrogen and oxygen atoms in total. The molecule has 0 heterocycles. The summed E-state index contributed by atoms with van der Waals surface area (Å²) in [6, 6.07) is 7.04. The van der Waals surface area contributed by atoms with Gasteiger partial charge >= 0.3 is 0 Å². The summed E-state index contributed by atoms with van der Waals surface area (Å²) < 4.78 is 6.72. The molecular weight excluding hydrogens is 290 g/mol. The average molecular weight is 310 g/mol. The van der Waals surface area contributed by atoms with Crippen molar-refractivity contribution in [3.63, 3.8) is 0 Å². The van der Waals surface area contributed by atoms with Crippen molar-refractivity contribution < 1.29 is 4.74 Å². The molecule has 1 aromatic rings. The SMILES string of the molecule is CC(C)=CCOc1ccc(CNC2CC2)cc1Br. The number of nitrogens with one attached hydrogen (secondary N) is 1. The molecule has 18 heavy (non-hydrogen) atoms. The molecule has 1 aromatic carbocycles. The first kappa shape index (κ1) is 13.6. The molecule has 0 unspecified atom stereocenters. The molecule has 1 saturated carbocycles. The highest BCUT2D eigenvalue weighted by atomic mass is 79.9. The fourth-order valence-electron chi connectivity index (χ4n) is 1.62. The Balaban J connectivity index is 1.89. The lowest BCUT2D eigenvalue weighted by Crippen LogP contribution is -2.15. The van der Waals surface area contributed by atoms with E-state index >= 15 is 0 Å². The number of benzene rings is 1. The van der Waals surface area contributed by atoms with Gasteiger partial charge in [-0.15, -0.1) is 0 Å². The minimum Gasteiger partial charge on any atom is -0.488 e. The van der Waals surface area contributed by atoms with E-state index in [-0.39, 0.29) is 0 Å². The molecule has 0 aliphatic heterocycles. The molecule has 1 fully saturated rings. The summed E-state index contributed by atoms with van der Waals surface area (Å²) in [4.78, 5) is 0. The third-order valence-corrected chi connectivity index (χ3v) is 3.52. The summed E-state index contributed by atoms with van der Waals surface area (Å²) in [5.41, 5.74) is 2.57. The number of hydrogen-bond donors (Lipinski definition) is 1. The van der Waals surface area contributed by atoms with Crippen molar-refractivity contribution >= 4 is 15.9 Å². The molecule has 0 bridgehead atoms. The molecule has 0 amide bonds. The van der Waals surface area contributed by atoms with Crippen LogP contribution >= 0.6 is 15.9 Å². The second kappa shape index (κ2) is 6.39. The van der Waals surface area contributed by atoms with Crippen LogP contribution in [0.2, 0.25) is 0 Å². The van der Waals surface area contributed by atoms with Crippen LogP contribution in [0.3, 0.4) is 0 Å². The molecule has 98 valence electrons. The van der Waals surface area contributed by atoms with Gasteiger partial charge < -0.3 is 10.1 Å². The highest BCUT2D eigenvalue weighted by molar-refractivity contribution is 9.10. The second-order valence-electron chi connectivity index (χ2n) is 5.01. The summed E-state index contributed by atoms with van der Waals surface area (Å²) >= 11 is 3.56. The Bertz CT molecular complexity index is 434. The number of ether oxygens (including phenoxy) is 1. The van der Waals surface area contributed by atoms with Crippen molar-refractivity contribution in [2.45, 2.75) is 39.3 Å². The third-order valence-electron chi connectivity index (χ3n) is 2.90. The van der Waals surface area contributed by atoms with Gasteiger partial charge in [-0.3, -0.25) is 0 Å². The van der Waals surface area contributed by atoms with Gasteiger partial charge in [0.25, 0.3) is 0 Å². The Morgan fingerprint density at radius 1 is 1.44 bits per heavy atom. The van der Waals surface area contributed by atoms with E-state index in [1.807, 2.05) is 6.07 Å². The number of allylic oxidation sites excluding steroid dienone is 1. The Morgan fingerprint density at radius 2 is 2.22 bits per heavy atom. The van der Waals surface area contributed by atoms with Gasteiger partial charge in [-0.2, -0.15) is 0 Å². The summed E-state index contributed by atoms with van der Waals surface area (Å²) in [7, 11) is 0.